The molecule has 0 aromatic heterocycles. The summed E-state index contributed by atoms with van der Waals surface area (Å²) in [6.45, 7) is 3.40. The van der Waals surface area contributed by atoms with E-state index < -0.39 is 41.5 Å². The molecule has 0 amide bonds. The molecule has 7 atom stereocenters. The highest BCUT2D eigenvalue weighted by molar-refractivity contribution is 5.85. The Hall–Kier alpha value is -1.39. The van der Waals surface area contributed by atoms with Crippen molar-refractivity contribution < 1.29 is 23.8 Å². The van der Waals surface area contributed by atoms with Crippen LogP contribution in [0.25, 0.3) is 0 Å². The van der Waals surface area contributed by atoms with Crippen molar-refractivity contribution in [3.63, 3.8) is 0 Å². The van der Waals surface area contributed by atoms with Gasteiger partial charge < -0.3 is 9.84 Å². The van der Waals surface area contributed by atoms with Crippen molar-refractivity contribution in [2.75, 3.05) is 6.67 Å². The maximum Gasteiger partial charge on any atom is 0.315 e. The van der Waals surface area contributed by atoms with Crippen molar-refractivity contribution in [3.05, 3.63) is 12.2 Å². The number of rotatable bonds is 2. The molecule has 1 spiro atoms. The predicted octanol–water partition coefficient (Wildman–Crippen LogP) is 3.12. The van der Waals surface area contributed by atoms with Crippen LogP contribution in [0.4, 0.5) is 4.39 Å². The monoisotopic (exact) mass is 334 g/mol. The Morgan fingerprint density at radius 2 is 2.17 bits per heavy atom. The molecule has 5 fully saturated rings. The standard InChI is InChI=1S/C19H23FO4/c1-10-7-18-8-11(10)3-4-12(18)19-6-2-5-17(9-20,16(23)24-19)14(19)13(18)15(21)22/h11-14H,1-9H2,(H,21,22). The van der Waals surface area contributed by atoms with E-state index in [1.54, 1.807) is 0 Å². The Labute approximate surface area is 140 Å². The van der Waals surface area contributed by atoms with Gasteiger partial charge in [-0.2, -0.15) is 0 Å². The lowest BCUT2D eigenvalue weighted by Crippen LogP contribution is -2.49. The fourth-order valence-corrected chi connectivity index (χ4v) is 7.72. The molecule has 0 radical (unpaired) electrons. The van der Waals surface area contributed by atoms with Gasteiger partial charge in [-0.05, 0) is 56.3 Å². The fraction of sp³-hybridized carbons (Fsp3) is 0.789. The molecule has 1 aliphatic heterocycles. The van der Waals surface area contributed by atoms with Crippen LogP contribution in [0.1, 0.15) is 44.9 Å². The molecule has 1 N–H and O–H groups in total. The van der Waals surface area contributed by atoms with E-state index in [-0.39, 0.29) is 11.3 Å². The molecular formula is C19H23FO4. The zero-order valence-corrected chi connectivity index (χ0v) is 13.7. The number of ether oxygens (including phenoxy) is 1. The van der Waals surface area contributed by atoms with Crippen molar-refractivity contribution in [1.82, 2.24) is 0 Å². The summed E-state index contributed by atoms with van der Waals surface area (Å²) in [5, 5.41) is 10.1. The maximum atomic E-state index is 14.2. The van der Waals surface area contributed by atoms with Gasteiger partial charge in [0.05, 0.1) is 5.92 Å². The molecule has 5 aliphatic rings. The summed E-state index contributed by atoms with van der Waals surface area (Å²) < 4.78 is 20.1. The third kappa shape index (κ3) is 1.32. The lowest BCUT2D eigenvalue weighted by Gasteiger charge is -2.43. The number of carboxylic acid groups (broad SMARTS) is 1. The van der Waals surface area contributed by atoms with Crippen LogP contribution < -0.4 is 0 Å². The van der Waals surface area contributed by atoms with E-state index in [2.05, 4.69) is 6.58 Å². The van der Waals surface area contributed by atoms with Crippen molar-refractivity contribution in [3.8, 4) is 0 Å². The van der Waals surface area contributed by atoms with Crippen molar-refractivity contribution >= 4 is 11.9 Å². The van der Waals surface area contributed by atoms with Gasteiger partial charge in [-0.15, -0.1) is 0 Å². The van der Waals surface area contributed by atoms with Gasteiger partial charge in [-0.25, -0.2) is 4.39 Å². The van der Waals surface area contributed by atoms with Crippen molar-refractivity contribution in [2.24, 2.45) is 34.5 Å². The number of esters is 1. The Kier molecular flexibility index (Phi) is 2.63. The highest BCUT2D eigenvalue weighted by atomic mass is 19.1. The summed E-state index contributed by atoms with van der Waals surface area (Å²) in [5.41, 5.74) is -1.22. The molecule has 130 valence electrons. The second kappa shape index (κ2) is 4.23. The first-order chi connectivity index (χ1) is 11.4. The van der Waals surface area contributed by atoms with Crippen LogP contribution in [0.15, 0.2) is 12.2 Å². The summed E-state index contributed by atoms with van der Waals surface area (Å²) in [6, 6.07) is 0. The predicted molar refractivity (Wildman–Crippen MR) is 82.7 cm³/mol. The molecule has 4 bridgehead atoms. The molecule has 24 heavy (non-hydrogen) atoms. The SMILES string of the molecule is C=C1CC23CC1CCC2C12CCCC(CF)(C(=O)O1)C2C3C(=O)O. The lowest BCUT2D eigenvalue weighted by atomic mass is 9.60. The molecule has 5 heteroatoms. The molecule has 1 saturated heterocycles. The first-order valence-electron chi connectivity index (χ1n) is 9.11. The van der Waals surface area contributed by atoms with Gasteiger partial charge in [0.15, 0.2) is 0 Å². The van der Waals surface area contributed by atoms with Crippen LogP contribution >= 0.6 is 0 Å². The number of carbonyl (C=O) groups is 2. The highest BCUT2D eigenvalue weighted by Gasteiger charge is 2.82. The van der Waals surface area contributed by atoms with E-state index in [1.807, 2.05) is 0 Å². The zero-order valence-electron chi connectivity index (χ0n) is 13.7. The van der Waals surface area contributed by atoms with Crippen LogP contribution in [0.3, 0.4) is 0 Å². The summed E-state index contributed by atoms with van der Waals surface area (Å²) in [5.74, 6) is -2.12. The summed E-state index contributed by atoms with van der Waals surface area (Å²) in [4.78, 5) is 25.0. The topological polar surface area (TPSA) is 63.6 Å². The molecule has 0 aromatic rings. The van der Waals surface area contributed by atoms with Gasteiger partial charge in [0.1, 0.15) is 17.7 Å². The number of allylic oxidation sites excluding steroid dienone is 1. The minimum atomic E-state index is -1.23. The van der Waals surface area contributed by atoms with Crippen LogP contribution in [-0.4, -0.2) is 29.3 Å². The van der Waals surface area contributed by atoms with Gasteiger partial charge in [-0.1, -0.05) is 12.2 Å². The largest absolute Gasteiger partial charge is 0.481 e. The van der Waals surface area contributed by atoms with Crippen LogP contribution in [-0.2, 0) is 14.3 Å². The van der Waals surface area contributed by atoms with Gasteiger partial charge in [0.25, 0.3) is 0 Å². The summed E-state index contributed by atoms with van der Waals surface area (Å²) >= 11 is 0. The van der Waals surface area contributed by atoms with Gasteiger partial charge >= 0.3 is 11.9 Å². The molecule has 0 aromatic carbocycles. The third-order valence-corrected chi connectivity index (χ3v) is 8.31. The summed E-state index contributed by atoms with van der Waals surface area (Å²) in [7, 11) is 0. The zero-order chi connectivity index (χ0) is 16.9. The molecule has 1 heterocycles. The van der Waals surface area contributed by atoms with Crippen LogP contribution in [0, 0.1) is 34.5 Å². The second-order valence-corrected chi connectivity index (χ2v) is 8.88. The third-order valence-electron chi connectivity index (χ3n) is 8.31. The average Bonchev–Trinajstić information content (AvgIpc) is 2.98. The minimum absolute atomic E-state index is 0.0456. The van der Waals surface area contributed by atoms with E-state index >= 15 is 0 Å². The molecule has 5 rings (SSSR count). The second-order valence-electron chi connectivity index (χ2n) is 8.88. The number of fused-ring (bicyclic) bond motifs is 1. The molecule has 4 aliphatic carbocycles. The van der Waals surface area contributed by atoms with E-state index in [9.17, 15) is 19.1 Å². The van der Waals surface area contributed by atoms with Gasteiger partial charge in [0.2, 0.25) is 0 Å². The summed E-state index contributed by atoms with van der Waals surface area (Å²) in [6.07, 6.45) is 5.26. The number of aliphatic carboxylic acids is 1. The molecule has 4 nitrogen and oxygen atoms in total. The lowest BCUT2D eigenvalue weighted by molar-refractivity contribution is -0.161. The average molecular weight is 334 g/mol. The normalized spacial score (nSPS) is 54.4. The number of hydrogen-bond acceptors (Lipinski definition) is 3. The van der Waals surface area contributed by atoms with E-state index in [1.165, 1.54) is 0 Å². The smallest absolute Gasteiger partial charge is 0.315 e. The fourth-order valence-electron chi connectivity index (χ4n) is 7.72. The molecular weight excluding hydrogens is 311 g/mol. The first kappa shape index (κ1) is 14.9. The first-order valence-corrected chi connectivity index (χ1v) is 9.11. The van der Waals surface area contributed by atoms with E-state index in [0.29, 0.717) is 25.2 Å². The van der Waals surface area contributed by atoms with E-state index in [4.69, 9.17) is 4.74 Å². The van der Waals surface area contributed by atoms with Gasteiger partial charge in [-0.3, -0.25) is 9.59 Å². The molecule has 4 saturated carbocycles. The minimum Gasteiger partial charge on any atom is -0.481 e. The quantitative estimate of drug-likeness (QED) is 0.622. The van der Waals surface area contributed by atoms with E-state index in [0.717, 1.165) is 31.3 Å². The van der Waals surface area contributed by atoms with Crippen molar-refractivity contribution in [2.45, 2.75) is 50.5 Å². The number of halogens is 1. The van der Waals surface area contributed by atoms with Crippen LogP contribution in [0.5, 0.6) is 0 Å². The van der Waals surface area contributed by atoms with Gasteiger partial charge in [0, 0.05) is 11.8 Å². The maximum absolute atomic E-state index is 14.2. The number of carbonyl (C=O) groups excluding carboxylic acids is 1. The number of carboxylic acids is 1. The number of hydrogen-bond donors (Lipinski definition) is 1. The Morgan fingerprint density at radius 3 is 2.88 bits per heavy atom. The van der Waals surface area contributed by atoms with Crippen molar-refractivity contribution in [1.29, 1.82) is 0 Å². The Balaban J connectivity index is 1.75. The Bertz CT molecular complexity index is 674. The Morgan fingerprint density at radius 1 is 1.38 bits per heavy atom. The van der Waals surface area contributed by atoms with Crippen LogP contribution in [0.2, 0.25) is 0 Å². The highest BCUT2D eigenvalue weighted by Crippen LogP contribution is 2.77. The number of alkyl halides is 1. The molecule has 7 unspecified atom stereocenters.